The normalized spacial score (nSPS) is 19.7. The van der Waals surface area contributed by atoms with E-state index < -0.39 is 0 Å². The second-order valence-corrected chi connectivity index (χ2v) is 7.88. The van der Waals surface area contributed by atoms with Crippen LogP contribution in [0.25, 0.3) is 10.9 Å². The summed E-state index contributed by atoms with van der Waals surface area (Å²) < 4.78 is 1.94. The zero-order chi connectivity index (χ0) is 19.6. The van der Waals surface area contributed by atoms with Crippen molar-refractivity contribution in [2.24, 2.45) is 0 Å². The molecule has 0 radical (unpaired) electrons. The molecule has 7 heteroatoms. The first kappa shape index (κ1) is 18.0. The van der Waals surface area contributed by atoms with Crippen molar-refractivity contribution in [1.82, 2.24) is 19.7 Å². The van der Waals surface area contributed by atoms with Crippen molar-refractivity contribution < 1.29 is 4.79 Å². The molecule has 2 fully saturated rings. The van der Waals surface area contributed by atoms with E-state index in [9.17, 15) is 4.79 Å². The van der Waals surface area contributed by atoms with Crippen LogP contribution in [-0.4, -0.2) is 51.9 Å². The number of fused-ring (bicyclic) bond motifs is 1. The van der Waals surface area contributed by atoms with E-state index in [1.54, 1.807) is 6.20 Å². The van der Waals surface area contributed by atoms with Gasteiger partial charge in [-0.15, -0.1) is 0 Å². The van der Waals surface area contributed by atoms with E-state index in [4.69, 9.17) is 0 Å². The monoisotopic (exact) mass is 390 g/mol. The van der Waals surface area contributed by atoms with E-state index in [1.807, 2.05) is 46.2 Å². The highest BCUT2D eigenvalue weighted by Crippen LogP contribution is 2.32. The third-order valence-corrected chi connectivity index (χ3v) is 6.04. The largest absolute Gasteiger partial charge is 0.370 e. The first-order valence-corrected chi connectivity index (χ1v) is 10.5. The third kappa shape index (κ3) is 3.52. The zero-order valence-corrected chi connectivity index (χ0v) is 16.5. The molecule has 1 atom stereocenters. The number of carbonyl (C=O) groups excluding carboxylic acids is 1. The molecule has 0 saturated carbocycles. The molecule has 0 bridgehead atoms. The number of rotatable bonds is 3. The number of likely N-dealkylation sites (tertiary alicyclic amines) is 1. The highest BCUT2D eigenvalue weighted by molar-refractivity contribution is 6.04. The number of carbonyl (C=O) groups is 1. The molecule has 2 saturated heterocycles. The molecule has 0 aliphatic carbocycles. The van der Waals surface area contributed by atoms with Gasteiger partial charge in [0.1, 0.15) is 0 Å². The minimum atomic E-state index is -0.0597. The van der Waals surface area contributed by atoms with Gasteiger partial charge in [0.15, 0.2) is 0 Å². The highest BCUT2D eigenvalue weighted by Gasteiger charge is 2.28. The number of pyridine rings is 1. The molecule has 2 aromatic heterocycles. The van der Waals surface area contributed by atoms with Crippen LogP contribution in [0.4, 0.5) is 16.2 Å². The van der Waals surface area contributed by atoms with E-state index in [2.05, 4.69) is 26.4 Å². The topological polar surface area (TPSA) is 66.3 Å². The highest BCUT2D eigenvalue weighted by atomic mass is 16.2. The summed E-state index contributed by atoms with van der Waals surface area (Å²) in [6.45, 7) is 3.55. The van der Waals surface area contributed by atoms with Gasteiger partial charge < -0.3 is 15.1 Å². The Morgan fingerprint density at radius 1 is 1.03 bits per heavy atom. The van der Waals surface area contributed by atoms with Crippen molar-refractivity contribution in [1.29, 1.82) is 0 Å². The van der Waals surface area contributed by atoms with Crippen molar-refractivity contribution in [2.75, 3.05) is 36.4 Å². The van der Waals surface area contributed by atoms with Crippen LogP contribution in [-0.2, 0) is 0 Å². The van der Waals surface area contributed by atoms with Crippen LogP contribution in [0.2, 0.25) is 0 Å². The van der Waals surface area contributed by atoms with Crippen molar-refractivity contribution in [2.45, 2.75) is 31.7 Å². The molecule has 4 heterocycles. The van der Waals surface area contributed by atoms with Crippen molar-refractivity contribution in [3.8, 4) is 0 Å². The number of urea groups is 1. The summed E-state index contributed by atoms with van der Waals surface area (Å²) in [5, 5.41) is 8.43. The molecule has 3 aromatic rings. The Labute approximate surface area is 170 Å². The van der Waals surface area contributed by atoms with E-state index >= 15 is 0 Å². The summed E-state index contributed by atoms with van der Waals surface area (Å²) >= 11 is 0. The fraction of sp³-hybridized carbons (Fsp3) is 0.409. The number of nitrogens with zero attached hydrogens (tertiary/aromatic N) is 5. The molecule has 29 heavy (non-hydrogen) atoms. The molecule has 7 nitrogen and oxygen atoms in total. The summed E-state index contributed by atoms with van der Waals surface area (Å²) in [6, 6.07) is 10.2. The molecule has 5 rings (SSSR count). The van der Waals surface area contributed by atoms with Crippen LogP contribution < -0.4 is 10.2 Å². The maximum Gasteiger partial charge on any atom is 0.321 e. The molecule has 1 N–H and O–H groups in total. The van der Waals surface area contributed by atoms with Crippen molar-refractivity contribution in [3.63, 3.8) is 0 Å². The summed E-state index contributed by atoms with van der Waals surface area (Å²) in [5.74, 6) is 0. The Hall–Kier alpha value is -3.09. The van der Waals surface area contributed by atoms with Gasteiger partial charge in [-0.1, -0.05) is 0 Å². The fourth-order valence-electron chi connectivity index (χ4n) is 4.49. The Morgan fingerprint density at radius 3 is 2.76 bits per heavy atom. The molecule has 0 spiro atoms. The Balaban J connectivity index is 1.36. The van der Waals surface area contributed by atoms with E-state index in [0.717, 1.165) is 42.6 Å². The maximum absolute atomic E-state index is 12.9. The number of nitrogens with one attached hydrogen (secondary N) is 1. The van der Waals surface area contributed by atoms with Crippen molar-refractivity contribution in [3.05, 3.63) is 48.9 Å². The van der Waals surface area contributed by atoms with Gasteiger partial charge in [0.2, 0.25) is 0 Å². The second-order valence-electron chi connectivity index (χ2n) is 7.88. The number of benzene rings is 1. The van der Waals surface area contributed by atoms with Gasteiger partial charge in [0, 0.05) is 50.2 Å². The second kappa shape index (κ2) is 7.73. The SMILES string of the molecule is O=C(Nc1ccc(N2CCCCC2)c2ncccc12)N1CC[C@H](n2cccn2)C1. The molecule has 2 amide bonds. The lowest BCUT2D eigenvalue weighted by atomic mass is 10.1. The predicted molar refractivity (Wildman–Crippen MR) is 114 cm³/mol. The van der Waals surface area contributed by atoms with Gasteiger partial charge in [-0.05, 0) is 56.0 Å². The van der Waals surface area contributed by atoms with E-state index in [-0.39, 0.29) is 12.1 Å². The first-order valence-electron chi connectivity index (χ1n) is 10.5. The quantitative estimate of drug-likeness (QED) is 0.737. The van der Waals surface area contributed by atoms with Gasteiger partial charge in [0.05, 0.1) is 22.9 Å². The first-order chi connectivity index (χ1) is 14.3. The number of anilines is 2. The standard InChI is InChI=1S/C22H26N6O/c29-22(27-15-9-17(16-27)28-14-5-11-24-28)25-19-7-8-20(26-12-2-1-3-13-26)21-18(19)6-4-10-23-21/h4-8,10-11,14,17H,1-3,9,12-13,15-16H2,(H,25,29)/t17-/m0/s1. The van der Waals surface area contributed by atoms with Crippen molar-refractivity contribution >= 4 is 28.3 Å². The summed E-state index contributed by atoms with van der Waals surface area (Å²) in [4.78, 5) is 21.8. The van der Waals surface area contributed by atoms with E-state index in [0.29, 0.717) is 6.54 Å². The third-order valence-electron chi connectivity index (χ3n) is 6.04. The molecular formula is C22H26N6O. The fourth-order valence-corrected chi connectivity index (χ4v) is 4.49. The van der Waals surface area contributed by atoms with Gasteiger partial charge in [-0.3, -0.25) is 9.67 Å². The van der Waals surface area contributed by atoms with Gasteiger partial charge in [-0.25, -0.2) is 4.79 Å². The van der Waals surface area contributed by atoms with Gasteiger partial charge in [0.25, 0.3) is 0 Å². The lowest BCUT2D eigenvalue weighted by Gasteiger charge is -2.30. The zero-order valence-electron chi connectivity index (χ0n) is 16.5. The minimum absolute atomic E-state index is 0.0597. The Bertz CT molecular complexity index is 996. The predicted octanol–water partition coefficient (Wildman–Crippen LogP) is 3.90. The van der Waals surface area contributed by atoms with Gasteiger partial charge >= 0.3 is 6.03 Å². The van der Waals surface area contributed by atoms with E-state index in [1.165, 1.54) is 24.9 Å². The molecule has 2 aliphatic heterocycles. The average Bonchev–Trinajstić information content (AvgIpc) is 3.46. The van der Waals surface area contributed by atoms with Crippen LogP contribution >= 0.6 is 0 Å². The summed E-state index contributed by atoms with van der Waals surface area (Å²) in [5.41, 5.74) is 2.95. The van der Waals surface area contributed by atoms with Gasteiger partial charge in [-0.2, -0.15) is 5.10 Å². The van der Waals surface area contributed by atoms with Crippen LogP contribution in [0.1, 0.15) is 31.7 Å². The van der Waals surface area contributed by atoms with Crippen LogP contribution in [0.3, 0.4) is 0 Å². The summed E-state index contributed by atoms with van der Waals surface area (Å²) in [6.07, 6.45) is 10.2. The number of amides is 2. The number of aromatic nitrogens is 3. The summed E-state index contributed by atoms with van der Waals surface area (Å²) in [7, 11) is 0. The Kier molecular flexibility index (Phi) is 4.79. The van der Waals surface area contributed by atoms with Crippen LogP contribution in [0.5, 0.6) is 0 Å². The van der Waals surface area contributed by atoms with Crippen LogP contribution in [0, 0.1) is 0 Å². The maximum atomic E-state index is 12.9. The number of piperidine rings is 1. The lowest BCUT2D eigenvalue weighted by molar-refractivity contribution is 0.220. The molecule has 2 aliphatic rings. The number of hydrogen-bond acceptors (Lipinski definition) is 4. The number of hydrogen-bond donors (Lipinski definition) is 1. The molecule has 0 unspecified atom stereocenters. The minimum Gasteiger partial charge on any atom is -0.370 e. The smallest absolute Gasteiger partial charge is 0.321 e. The molecular weight excluding hydrogens is 364 g/mol. The van der Waals surface area contributed by atoms with Crippen LogP contribution in [0.15, 0.2) is 48.9 Å². The Morgan fingerprint density at radius 2 is 1.93 bits per heavy atom. The average molecular weight is 390 g/mol. The molecule has 150 valence electrons. The lowest BCUT2D eigenvalue weighted by Crippen LogP contribution is -2.33. The molecule has 1 aromatic carbocycles.